The lowest BCUT2D eigenvalue weighted by Crippen LogP contribution is -2.46. The molecule has 130 valence electrons. The van der Waals surface area contributed by atoms with Gasteiger partial charge >= 0.3 is 0 Å². The van der Waals surface area contributed by atoms with Crippen LogP contribution >= 0.6 is 0 Å². The van der Waals surface area contributed by atoms with Crippen LogP contribution in [-0.4, -0.2) is 53.5 Å². The van der Waals surface area contributed by atoms with Crippen molar-refractivity contribution in [1.29, 1.82) is 0 Å². The zero-order valence-corrected chi connectivity index (χ0v) is 13.9. The van der Waals surface area contributed by atoms with Gasteiger partial charge in [-0.2, -0.15) is 0 Å². The summed E-state index contributed by atoms with van der Waals surface area (Å²) in [6.45, 7) is 1.34. The monoisotopic (exact) mass is 334 g/mol. The zero-order valence-electron chi connectivity index (χ0n) is 13.9. The number of likely N-dealkylation sites (tertiary alicyclic amines) is 1. The van der Waals surface area contributed by atoms with E-state index >= 15 is 0 Å². The number of benzene rings is 1. The summed E-state index contributed by atoms with van der Waals surface area (Å²) in [6.07, 6.45) is 0.654. The Kier molecular flexibility index (Phi) is 5.56. The Morgan fingerprint density at radius 3 is 2.38 bits per heavy atom. The molecule has 3 amide bonds. The second-order valence-electron chi connectivity index (χ2n) is 6.17. The number of carbonyl (C=O) groups excluding carboxylic acids is 3. The number of nitrogens with one attached hydrogen (secondary N) is 1. The van der Waals surface area contributed by atoms with E-state index in [9.17, 15) is 19.5 Å². The number of hydrogen-bond acceptors (Lipinski definition) is 5. The third-order valence-corrected chi connectivity index (χ3v) is 3.87. The number of rotatable bonds is 7. The molecule has 0 aromatic heterocycles. The summed E-state index contributed by atoms with van der Waals surface area (Å²) in [6, 6.07) is 7.29. The van der Waals surface area contributed by atoms with Gasteiger partial charge in [-0.3, -0.25) is 19.3 Å². The van der Waals surface area contributed by atoms with Crippen molar-refractivity contribution in [2.24, 2.45) is 0 Å². The Morgan fingerprint density at radius 1 is 1.25 bits per heavy atom. The predicted molar refractivity (Wildman–Crippen MR) is 86.3 cm³/mol. The van der Waals surface area contributed by atoms with E-state index in [-0.39, 0.29) is 37.7 Å². The van der Waals surface area contributed by atoms with E-state index in [1.165, 1.54) is 0 Å². The van der Waals surface area contributed by atoms with Crippen molar-refractivity contribution in [3.8, 4) is 5.75 Å². The lowest BCUT2D eigenvalue weighted by atomic mass is 9.96. The van der Waals surface area contributed by atoms with Crippen molar-refractivity contribution in [1.82, 2.24) is 10.2 Å². The van der Waals surface area contributed by atoms with Crippen molar-refractivity contribution in [2.45, 2.75) is 31.8 Å². The van der Waals surface area contributed by atoms with Crippen LogP contribution in [0.25, 0.3) is 0 Å². The topological polar surface area (TPSA) is 95.9 Å². The van der Waals surface area contributed by atoms with Crippen molar-refractivity contribution < 1.29 is 24.2 Å². The van der Waals surface area contributed by atoms with E-state index in [4.69, 9.17) is 4.74 Å². The average Bonchev–Trinajstić information content (AvgIpc) is 2.85. The van der Waals surface area contributed by atoms with E-state index in [0.717, 1.165) is 16.2 Å². The highest BCUT2D eigenvalue weighted by molar-refractivity contribution is 6.04. The fraction of sp³-hybridized carbons (Fsp3) is 0.471. The van der Waals surface area contributed by atoms with Gasteiger partial charge in [-0.15, -0.1) is 0 Å². The lowest BCUT2D eigenvalue weighted by molar-refractivity contribution is -0.142. The van der Waals surface area contributed by atoms with Gasteiger partial charge in [0.15, 0.2) is 0 Å². The zero-order chi connectivity index (χ0) is 17.7. The number of ether oxygens (including phenoxy) is 1. The molecular weight excluding hydrogens is 312 g/mol. The molecule has 0 bridgehead atoms. The van der Waals surface area contributed by atoms with Crippen LogP contribution in [0.5, 0.6) is 5.75 Å². The number of imide groups is 1. The molecule has 0 saturated carbocycles. The molecule has 2 rings (SSSR count). The van der Waals surface area contributed by atoms with Crippen molar-refractivity contribution in [3.05, 3.63) is 29.8 Å². The number of hydrogen-bond donors (Lipinski definition) is 2. The fourth-order valence-corrected chi connectivity index (χ4v) is 2.53. The number of methoxy groups -OCH3 is 1. The van der Waals surface area contributed by atoms with Crippen LogP contribution in [0.3, 0.4) is 0 Å². The van der Waals surface area contributed by atoms with Crippen LogP contribution in [0.15, 0.2) is 24.3 Å². The SMILES string of the molecule is COc1ccc(C[C@@](C)(O)CNC(=O)CN2C(=O)CCC2=O)cc1. The molecule has 1 aromatic rings. The van der Waals surface area contributed by atoms with Gasteiger partial charge in [0, 0.05) is 25.8 Å². The van der Waals surface area contributed by atoms with Gasteiger partial charge in [0.25, 0.3) is 0 Å². The molecule has 1 atom stereocenters. The maximum absolute atomic E-state index is 11.9. The molecule has 7 heteroatoms. The second-order valence-corrected chi connectivity index (χ2v) is 6.17. The highest BCUT2D eigenvalue weighted by Crippen LogP contribution is 2.17. The number of carbonyl (C=O) groups is 3. The normalized spacial score (nSPS) is 16.9. The van der Waals surface area contributed by atoms with Gasteiger partial charge in [0.05, 0.1) is 12.7 Å². The molecule has 1 aromatic carbocycles. The van der Waals surface area contributed by atoms with Gasteiger partial charge in [0.1, 0.15) is 12.3 Å². The molecule has 1 fully saturated rings. The maximum atomic E-state index is 11.9. The summed E-state index contributed by atoms with van der Waals surface area (Å²) < 4.78 is 5.08. The van der Waals surface area contributed by atoms with Crippen LogP contribution in [0, 0.1) is 0 Å². The quantitative estimate of drug-likeness (QED) is 0.697. The predicted octanol–water partition coefficient (Wildman–Crippen LogP) is 0.254. The molecule has 1 aliphatic heterocycles. The first-order chi connectivity index (χ1) is 11.3. The molecule has 7 nitrogen and oxygen atoms in total. The lowest BCUT2D eigenvalue weighted by Gasteiger charge is -2.24. The molecule has 24 heavy (non-hydrogen) atoms. The molecule has 0 unspecified atom stereocenters. The van der Waals surface area contributed by atoms with E-state index in [1.807, 2.05) is 12.1 Å². The fourth-order valence-electron chi connectivity index (χ4n) is 2.53. The Morgan fingerprint density at radius 2 is 1.83 bits per heavy atom. The Bertz CT molecular complexity index is 608. The Labute approximate surface area is 140 Å². The number of amides is 3. The summed E-state index contributed by atoms with van der Waals surface area (Å²) in [5.41, 5.74) is -0.247. The first-order valence-electron chi connectivity index (χ1n) is 7.76. The molecule has 0 spiro atoms. The molecule has 1 heterocycles. The third-order valence-electron chi connectivity index (χ3n) is 3.87. The van der Waals surface area contributed by atoms with Crippen LogP contribution < -0.4 is 10.1 Å². The minimum absolute atomic E-state index is 0.0219. The minimum Gasteiger partial charge on any atom is -0.497 e. The van der Waals surface area contributed by atoms with Gasteiger partial charge < -0.3 is 15.2 Å². The second kappa shape index (κ2) is 7.44. The molecule has 1 aliphatic rings. The number of aliphatic hydroxyl groups is 1. The van der Waals surface area contributed by atoms with Crippen LogP contribution in [0.4, 0.5) is 0 Å². The third kappa shape index (κ3) is 4.79. The first kappa shape index (κ1) is 17.9. The average molecular weight is 334 g/mol. The van der Waals surface area contributed by atoms with Crippen LogP contribution in [-0.2, 0) is 20.8 Å². The summed E-state index contributed by atoms with van der Waals surface area (Å²) in [4.78, 5) is 35.8. The smallest absolute Gasteiger partial charge is 0.240 e. The van der Waals surface area contributed by atoms with Crippen LogP contribution in [0.2, 0.25) is 0 Å². The van der Waals surface area contributed by atoms with E-state index < -0.39 is 11.5 Å². The van der Waals surface area contributed by atoms with E-state index in [2.05, 4.69) is 5.32 Å². The summed E-state index contributed by atoms with van der Waals surface area (Å²) in [7, 11) is 1.58. The van der Waals surface area contributed by atoms with Crippen molar-refractivity contribution >= 4 is 17.7 Å². The van der Waals surface area contributed by atoms with E-state index in [1.54, 1.807) is 26.2 Å². The molecule has 2 N–H and O–H groups in total. The van der Waals surface area contributed by atoms with Crippen LogP contribution in [0.1, 0.15) is 25.3 Å². The highest BCUT2D eigenvalue weighted by Gasteiger charge is 2.31. The van der Waals surface area contributed by atoms with Gasteiger partial charge in [-0.25, -0.2) is 0 Å². The minimum atomic E-state index is -1.15. The van der Waals surface area contributed by atoms with Gasteiger partial charge in [-0.1, -0.05) is 12.1 Å². The summed E-state index contributed by atoms with van der Waals surface area (Å²) in [5.74, 6) is -0.402. The van der Waals surface area contributed by atoms with Gasteiger partial charge in [-0.05, 0) is 24.6 Å². The summed E-state index contributed by atoms with van der Waals surface area (Å²) >= 11 is 0. The molecule has 0 aliphatic carbocycles. The number of nitrogens with zero attached hydrogens (tertiary/aromatic N) is 1. The molecule has 1 saturated heterocycles. The summed E-state index contributed by atoms with van der Waals surface area (Å²) in [5, 5.41) is 13.0. The Hall–Kier alpha value is -2.41. The van der Waals surface area contributed by atoms with E-state index in [0.29, 0.717) is 6.42 Å². The highest BCUT2D eigenvalue weighted by atomic mass is 16.5. The van der Waals surface area contributed by atoms with Crippen molar-refractivity contribution in [3.63, 3.8) is 0 Å². The maximum Gasteiger partial charge on any atom is 0.240 e. The molecular formula is C17H22N2O5. The van der Waals surface area contributed by atoms with Crippen molar-refractivity contribution in [2.75, 3.05) is 20.2 Å². The first-order valence-corrected chi connectivity index (χ1v) is 7.76. The van der Waals surface area contributed by atoms with Gasteiger partial charge in [0.2, 0.25) is 17.7 Å². The Balaban J connectivity index is 1.83. The molecule has 0 radical (unpaired) electrons. The standard InChI is InChI=1S/C17H22N2O5/c1-17(23,9-12-3-5-13(24-2)6-4-12)11-18-14(20)10-19-15(21)7-8-16(19)22/h3-6,23H,7-11H2,1-2H3,(H,18,20)/t17-/m1/s1. The largest absolute Gasteiger partial charge is 0.497 e.